The van der Waals surface area contributed by atoms with E-state index in [-0.39, 0.29) is 10.7 Å². The van der Waals surface area contributed by atoms with Crippen LogP contribution < -0.4 is 9.79 Å². The third-order valence-corrected chi connectivity index (χ3v) is 4.21. The molecule has 0 saturated heterocycles. The van der Waals surface area contributed by atoms with E-state index in [1.807, 2.05) is 0 Å². The second-order valence-electron chi connectivity index (χ2n) is 5.07. The van der Waals surface area contributed by atoms with Crippen molar-refractivity contribution in [3.05, 3.63) is 58.0 Å². The zero-order valence-electron chi connectivity index (χ0n) is 12.3. The van der Waals surface area contributed by atoms with E-state index in [2.05, 4.69) is 4.99 Å². The molecule has 3 rings (SSSR count). The summed E-state index contributed by atoms with van der Waals surface area (Å²) in [6.45, 7) is 0. The Bertz CT molecular complexity index is 950. The fourth-order valence-electron chi connectivity index (χ4n) is 2.45. The molecule has 0 unspecified atom stereocenters. The quantitative estimate of drug-likeness (QED) is 0.397. The molecule has 0 spiro atoms. The van der Waals surface area contributed by atoms with E-state index in [0.29, 0.717) is 16.1 Å². The lowest BCUT2D eigenvalue weighted by Crippen LogP contribution is -2.44. The van der Waals surface area contributed by atoms with Gasteiger partial charge in [-0.25, -0.2) is 4.39 Å². The lowest BCUT2D eigenvalue weighted by molar-refractivity contribution is -0.751. The first kappa shape index (κ1) is 15.8. The number of rotatable bonds is 2. The number of hydrogen-bond acceptors (Lipinski definition) is 2. The Morgan fingerprint density at radius 3 is 2.65 bits per heavy atom. The van der Waals surface area contributed by atoms with Crippen LogP contribution >= 0.6 is 23.2 Å². The Morgan fingerprint density at radius 2 is 1.96 bits per heavy atom. The third kappa shape index (κ3) is 2.78. The molecule has 0 aliphatic carbocycles. The minimum Gasteiger partial charge on any atom is -0.854 e. The van der Waals surface area contributed by atoms with Crippen molar-refractivity contribution >= 4 is 45.7 Å². The van der Waals surface area contributed by atoms with Gasteiger partial charge in [-0.3, -0.25) is 4.99 Å². The van der Waals surface area contributed by atoms with Gasteiger partial charge in [0.25, 0.3) is 0 Å². The number of aromatic nitrogens is 2. The number of halogens is 3. The van der Waals surface area contributed by atoms with Gasteiger partial charge in [-0.05, 0) is 36.4 Å². The number of benzene rings is 2. The number of fused-ring (bicyclic) bond motifs is 1. The number of hydrogen-bond donors (Lipinski definition) is 0. The van der Waals surface area contributed by atoms with Crippen molar-refractivity contribution in [1.29, 1.82) is 0 Å². The van der Waals surface area contributed by atoms with Crippen molar-refractivity contribution in [2.24, 2.45) is 19.1 Å². The predicted octanol–water partition coefficient (Wildman–Crippen LogP) is 2.89. The summed E-state index contributed by atoms with van der Waals surface area (Å²) in [7, 11) is 3.50. The zero-order chi connectivity index (χ0) is 16.7. The Hall–Kier alpha value is -2.11. The number of aliphatic imine (C=N–C) groups is 1. The minimum atomic E-state index is -0.507. The normalized spacial score (nSPS) is 12.1. The van der Waals surface area contributed by atoms with Gasteiger partial charge in [-0.2, -0.15) is 4.68 Å². The molecule has 0 saturated carbocycles. The minimum absolute atomic E-state index is 0.278. The molecule has 1 heterocycles. The van der Waals surface area contributed by atoms with Crippen LogP contribution in [0.5, 0.6) is 0 Å². The molecular weight excluding hydrogens is 340 g/mol. The van der Waals surface area contributed by atoms with Crippen LogP contribution in [-0.2, 0) is 14.1 Å². The summed E-state index contributed by atoms with van der Waals surface area (Å²) in [5.74, 6) is -0.921. The number of aryl methyl sites for hydroxylation is 1. The van der Waals surface area contributed by atoms with Gasteiger partial charge in [0.1, 0.15) is 11.3 Å². The highest BCUT2D eigenvalue weighted by Gasteiger charge is 2.21. The molecule has 0 N–H and O–H groups in total. The fourth-order valence-corrected chi connectivity index (χ4v) is 2.90. The average Bonchev–Trinajstić information content (AvgIpc) is 2.73. The Morgan fingerprint density at radius 1 is 1.22 bits per heavy atom. The molecule has 0 radical (unpaired) electrons. The van der Waals surface area contributed by atoms with Gasteiger partial charge in [-0.1, -0.05) is 23.2 Å². The summed E-state index contributed by atoms with van der Waals surface area (Å²) >= 11 is 11.9. The van der Waals surface area contributed by atoms with Crippen molar-refractivity contribution in [3.8, 4) is 0 Å². The third-order valence-electron chi connectivity index (χ3n) is 3.67. The lowest BCUT2D eigenvalue weighted by Gasteiger charge is -2.07. The zero-order valence-corrected chi connectivity index (χ0v) is 13.9. The first-order valence-corrected chi connectivity index (χ1v) is 7.49. The summed E-state index contributed by atoms with van der Waals surface area (Å²) in [4.78, 5) is 4.04. The molecular formula is C16H12Cl2FN3O. The number of nitrogens with zero attached hydrogens (tertiary/aromatic N) is 3. The highest BCUT2D eigenvalue weighted by Crippen LogP contribution is 2.28. The second-order valence-corrected chi connectivity index (χ2v) is 5.91. The van der Waals surface area contributed by atoms with Crippen LogP contribution in [0.2, 0.25) is 10.0 Å². The monoisotopic (exact) mass is 351 g/mol. The van der Waals surface area contributed by atoms with Gasteiger partial charge < -0.3 is 5.11 Å². The van der Waals surface area contributed by atoms with E-state index in [0.717, 1.165) is 5.52 Å². The maximum absolute atomic E-state index is 13.6. The SMILES string of the molecule is Cn1c2ccc(F)cc2c(C([O-])=Nc2ccc(Cl)cc2Cl)[n+]1C. The van der Waals surface area contributed by atoms with E-state index in [1.54, 1.807) is 41.7 Å². The molecule has 0 bridgehead atoms. The lowest BCUT2D eigenvalue weighted by atomic mass is 10.2. The molecule has 2 aromatic carbocycles. The van der Waals surface area contributed by atoms with E-state index in [1.165, 1.54) is 18.2 Å². The van der Waals surface area contributed by atoms with Crippen molar-refractivity contribution in [2.75, 3.05) is 0 Å². The predicted molar refractivity (Wildman–Crippen MR) is 86.7 cm³/mol. The average molecular weight is 352 g/mol. The largest absolute Gasteiger partial charge is 0.854 e. The summed E-state index contributed by atoms with van der Waals surface area (Å²) in [5, 5.41) is 13.8. The smallest absolute Gasteiger partial charge is 0.249 e. The topological polar surface area (TPSA) is 44.2 Å². The maximum Gasteiger partial charge on any atom is 0.249 e. The first-order valence-electron chi connectivity index (χ1n) is 6.74. The second kappa shape index (κ2) is 5.83. The highest BCUT2D eigenvalue weighted by molar-refractivity contribution is 6.36. The van der Waals surface area contributed by atoms with Gasteiger partial charge >= 0.3 is 0 Å². The van der Waals surface area contributed by atoms with Crippen molar-refractivity contribution in [1.82, 2.24) is 4.68 Å². The summed E-state index contributed by atoms with van der Waals surface area (Å²) < 4.78 is 16.9. The Kier molecular flexibility index (Phi) is 4.00. The van der Waals surface area contributed by atoms with Crippen LogP contribution in [-0.4, -0.2) is 10.6 Å². The van der Waals surface area contributed by atoms with Crippen molar-refractivity contribution in [3.63, 3.8) is 0 Å². The van der Waals surface area contributed by atoms with Gasteiger partial charge in [0.2, 0.25) is 5.69 Å². The van der Waals surface area contributed by atoms with Crippen LogP contribution in [0.25, 0.3) is 10.9 Å². The fraction of sp³-hybridized carbons (Fsp3) is 0.125. The van der Waals surface area contributed by atoms with Gasteiger partial charge in [0, 0.05) is 5.02 Å². The van der Waals surface area contributed by atoms with Crippen molar-refractivity contribution in [2.45, 2.75) is 0 Å². The van der Waals surface area contributed by atoms with E-state index >= 15 is 0 Å². The molecule has 0 aliphatic heterocycles. The molecule has 0 amide bonds. The van der Waals surface area contributed by atoms with E-state index in [4.69, 9.17) is 23.2 Å². The molecule has 0 fully saturated rings. The van der Waals surface area contributed by atoms with Crippen LogP contribution in [0, 0.1) is 5.82 Å². The Labute approximate surface area is 142 Å². The van der Waals surface area contributed by atoms with Crippen LogP contribution in [0.1, 0.15) is 5.69 Å². The van der Waals surface area contributed by atoms with Crippen LogP contribution in [0.3, 0.4) is 0 Å². The van der Waals surface area contributed by atoms with Gasteiger partial charge in [0.15, 0.2) is 7.05 Å². The first-order chi connectivity index (χ1) is 10.9. The van der Waals surface area contributed by atoms with E-state index < -0.39 is 11.7 Å². The molecule has 7 heteroatoms. The summed E-state index contributed by atoms with van der Waals surface area (Å²) in [6, 6.07) is 8.97. The molecule has 4 nitrogen and oxygen atoms in total. The molecule has 118 valence electrons. The Balaban J connectivity index is 2.21. The van der Waals surface area contributed by atoms with Gasteiger partial charge in [-0.15, -0.1) is 4.68 Å². The molecule has 23 heavy (non-hydrogen) atoms. The van der Waals surface area contributed by atoms with Crippen LogP contribution in [0.4, 0.5) is 10.1 Å². The van der Waals surface area contributed by atoms with Crippen LogP contribution in [0.15, 0.2) is 41.4 Å². The summed E-state index contributed by atoms with van der Waals surface area (Å²) in [6.07, 6.45) is 0. The molecule has 3 aromatic rings. The summed E-state index contributed by atoms with van der Waals surface area (Å²) in [5.41, 5.74) is 1.33. The van der Waals surface area contributed by atoms with Crippen molar-refractivity contribution < 1.29 is 14.2 Å². The van der Waals surface area contributed by atoms with E-state index in [9.17, 15) is 9.50 Å². The molecule has 0 atom stereocenters. The molecule has 1 aromatic heterocycles. The maximum atomic E-state index is 13.6. The van der Waals surface area contributed by atoms with Gasteiger partial charge in [0.05, 0.1) is 29.0 Å². The molecule has 0 aliphatic rings. The standard InChI is InChI=1S/C16H12Cl2FN3O/c1-21-14-6-4-10(19)8-11(14)15(22(21)2)16(23)20-13-5-3-9(17)7-12(13)18/h3-8H,1-2H3. The highest BCUT2D eigenvalue weighted by atomic mass is 35.5.